The van der Waals surface area contributed by atoms with E-state index < -0.39 is 23.4 Å². The summed E-state index contributed by atoms with van der Waals surface area (Å²) in [7, 11) is 0. The molecule has 3 rings (SSSR count). The molecule has 0 radical (unpaired) electrons. The smallest absolute Gasteiger partial charge is 0.254 e. The summed E-state index contributed by atoms with van der Waals surface area (Å²) in [6, 6.07) is 7.51. The minimum Gasteiger partial charge on any atom is -0.365 e. The quantitative estimate of drug-likeness (QED) is 0.730. The maximum Gasteiger partial charge on any atom is 0.254 e. The van der Waals surface area contributed by atoms with Gasteiger partial charge >= 0.3 is 0 Å². The summed E-state index contributed by atoms with van der Waals surface area (Å²) >= 11 is 0. The fraction of sp³-hybridized carbons (Fsp3) is 0.353. The van der Waals surface area contributed by atoms with Crippen LogP contribution in [-0.4, -0.2) is 34.9 Å². The molecule has 5 N–H and O–H groups in total. The predicted molar refractivity (Wildman–Crippen MR) is 89.8 cm³/mol. The fourth-order valence-corrected chi connectivity index (χ4v) is 3.21. The number of amides is 1. The first-order chi connectivity index (χ1) is 12.5. The minimum atomic E-state index is -1.30. The van der Waals surface area contributed by atoms with E-state index in [9.17, 15) is 18.8 Å². The van der Waals surface area contributed by atoms with Crippen LogP contribution < -0.4 is 16.4 Å². The van der Waals surface area contributed by atoms with Gasteiger partial charge in [-0.2, -0.15) is 10.4 Å². The van der Waals surface area contributed by atoms with Gasteiger partial charge in [0.05, 0.1) is 19.0 Å². The Labute approximate surface area is 148 Å². The molecule has 1 fully saturated rings. The van der Waals surface area contributed by atoms with Gasteiger partial charge < -0.3 is 16.4 Å². The summed E-state index contributed by atoms with van der Waals surface area (Å²) in [5, 5.41) is 18.3. The van der Waals surface area contributed by atoms with E-state index in [-0.39, 0.29) is 24.3 Å². The summed E-state index contributed by atoms with van der Waals surface area (Å²) < 4.78 is 29.2. The molecule has 9 heteroatoms. The molecule has 7 nitrogen and oxygen atoms in total. The minimum absolute atomic E-state index is 0.0716. The Morgan fingerprint density at radius 1 is 1.50 bits per heavy atom. The molecule has 1 aliphatic heterocycles. The number of halogens is 2. The van der Waals surface area contributed by atoms with Crippen molar-refractivity contribution in [3.8, 4) is 6.07 Å². The maximum atomic E-state index is 14.8. The van der Waals surface area contributed by atoms with E-state index in [0.29, 0.717) is 18.7 Å². The standard InChI is InChI=1S/C17H18F2N6O/c18-11-1-3-12(4-2-11)23-16-13(15(21)26)10-25(24-16)17(5-7-20)6-8-22-9-14(17)19/h1-4,10,14,22H,5-6,8-9H2,(H2,21,26)(H,23,24)/p+1/t14-,17+/m1/s1. The number of rotatable bonds is 5. The molecular weight excluding hydrogens is 342 g/mol. The number of primary amides is 1. The molecule has 1 aromatic carbocycles. The van der Waals surface area contributed by atoms with Crippen LogP contribution >= 0.6 is 0 Å². The highest BCUT2D eigenvalue weighted by Gasteiger charge is 2.46. The van der Waals surface area contributed by atoms with Crippen LogP contribution in [0, 0.1) is 17.1 Å². The zero-order chi connectivity index (χ0) is 18.7. The van der Waals surface area contributed by atoms with Crippen LogP contribution in [0.15, 0.2) is 30.5 Å². The number of alkyl halides is 1. The number of nitrogens with zero attached hydrogens (tertiary/aromatic N) is 3. The average molecular weight is 361 g/mol. The average Bonchev–Trinajstić information content (AvgIpc) is 3.04. The number of carbonyl (C=O) groups is 1. The van der Waals surface area contributed by atoms with E-state index >= 15 is 0 Å². The monoisotopic (exact) mass is 361 g/mol. The Morgan fingerprint density at radius 3 is 2.85 bits per heavy atom. The number of benzene rings is 1. The van der Waals surface area contributed by atoms with Crippen LogP contribution in [-0.2, 0) is 5.54 Å². The summed E-state index contributed by atoms with van der Waals surface area (Å²) in [5.41, 5.74) is 4.87. The SMILES string of the molecule is N#CC[C@]1(n2cc(C(N)=O)c(Nc3ccc(F)cc3)n2)CC[NH2+]C[C@H]1F. The zero-order valence-electron chi connectivity index (χ0n) is 14.0. The van der Waals surface area contributed by atoms with Crippen molar-refractivity contribution in [2.75, 3.05) is 18.4 Å². The summed E-state index contributed by atoms with van der Waals surface area (Å²) in [4.78, 5) is 11.8. The second-order valence-corrected chi connectivity index (χ2v) is 6.30. The van der Waals surface area contributed by atoms with E-state index in [1.807, 2.05) is 11.4 Å². The first-order valence-electron chi connectivity index (χ1n) is 8.21. The highest BCUT2D eigenvalue weighted by atomic mass is 19.1. The number of aromatic nitrogens is 2. The van der Waals surface area contributed by atoms with Gasteiger partial charge in [0.1, 0.15) is 23.5 Å². The van der Waals surface area contributed by atoms with Crippen molar-refractivity contribution in [3.05, 3.63) is 41.8 Å². The van der Waals surface area contributed by atoms with Gasteiger partial charge in [0.2, 0.25) is 0 Å². The number of hydrogen-bond acceptors (Lipinski definition) is 4. The van der Waals surface area contributed by atoms with Crippen molar-refractivity contribution in [1.29, 1.82) is 5.26 Å². The summed E-state index contributed by atoms with van der Waals surface area (Å²) in [5.74, 6) is -0.989. The molecule has 136 valence electrons. The molecule has 0 saturated carbocycles. The van der Waals surface area contributed by atoms with Gasteiger partial charge in [-0.1, -0.05) is 0 Å². The molecular formula is C17H19F2N6O+. The van der Waals surface area contributed by atoms with Crippen molar-refractivity contribution in [3.63, 3.8) is 0 Å². The number of carbonyl (C=O) groups excluding carboxylic acids is 1. The van der Waals surface area contributed by atoms with Crippen molar-refractivity contribution in [2.45, 2.75) is 24.6 Å². The highest BCUT2D eigenvalue weighted by molar-refractivity contribution is 5.98. The van der Waals surface area contributed by atoms with Crippen LogP contribution in [0.4, 0.5) is 20.3 Å². The molecule has 1 aromatic heterocycles. The second kappa shape index (κ2) is 7.09. The largest absolute Gasteiger partial charge is 0.365 e. The highest BCUT2D eigenvalue weighted by Crippen LogP contribution is 2.33. The number of hydrogen-bond donors (Lipinski definition) is 3. The van der Waals surface area contributed by atoms with Crippen LogP contribution in [0.1, 0.15) is 23.2 Å². The third kappa shape index (κ3) is 3.23. The molecule has 0 bridgehead atoms. The van der Waals surface area contributed by atoms with Gasteiger partial charge in [-0.05, 0) is 24.3 Å². The van der Waals surface area contributed by atoms with E-state index in [4.69, 9.17) is 5.73 Å². The topological polar surface area (TPSA) is 113 Å². The van der Waals surface area contributed by atoms with E-state index in [0.717, 1.165) is 0 Å². The molecule has 0 aliphatic carbocycles. The molecule has 0 spiro atoms. The molecule has 2 atom stereocenters. The molecule has 1 aliphatic rings. The Hall–Kier alpha value is -2.99. The van der Waals surface area contributed by atoms with Gasteiger partial charge in [-0.3, -0.25) is 9.48 Å². The fourth-order valence-electron chi connectivity index (χ4n) is 3.21. The lowest BCUT2D eigenvalue weighted by Gasteiger charge is -2.37. The van der Waals surface area contributed by atoms with E-state index in [2.05, 4.69) is 10.4 Å². The third-order valence-electron chi connectivity index (χ3n) is 4.67. The maximum absolute atomic E-state index is 14.8. The van der Waals surface area contributed by atoms with Crippen molar-refractivity contribution < 1.29 is 18.9 Å². The Bertz CT molecular complexity index is 844. The third-order valence-corrected chi connectivity index (χ3v) is 4.67. The first-order valence-corrected chi connectivity index (χ1v) is 8.21. The normalized spacial score (nSPS) is 22.6. The molecule has 1 amide bonds. The lowest BCUT2D eigenvalue weighted by molar-refractivity contribution is -0.673. The summed E-state index contributed by atoms with van der Waals surface area (Å²) in [6.07, 6.45) is 0.411. The molecule has 2 heterocycles. The Morgan fingerprint density at radius 2 is 2.23 bits per heavy atom. The number of nitrogens with one attached hydrogen (secondary N) is 1. The van der Waals surface area contributed by atoms with Crippen LogP contribution in [0.5, 0.6) is 0 Å². The first kappa shape index (κ1) is 17.8. The van der Waals surface area contributed by atoms with Gasteiger partial charge in [-0.25, -0.2) is 8.78 Å². The van der Waals surface area contributed by atoms with Gasteiger partial charge in [0, 0.05) is 18.3 Å². The number of nitrogens with two attached hydrogens (primary N) is 2. The summed E-state index contributed by atoms with van der Waals surface area (Å²) in [6.45, 7) is 0.864. The van der Waals surface area contributed by atoms with E-state index in [1.165, 1.54) is 35.1 Å². The number of anilines is 2. The Balaban J connectivity index is 2.01. The van der Waals surface area contributed by atoms with Gasteiger partial charge in [-0.15, -0.1) is 0 Å². The molecule has 2 aromatic rings. The second-order valence-electron chi connectivity index (χ2n) is 6.30. The van der Waals surface area contributed by atoms with Crippen LogP contribution in [0.2, 0.25) is 0 Å². The number of piperidine rings is 1. The van der Waals surface area contributed by atoms with Crippen LogP contribution in [0.25, 0.3) is 0 Å². The van der Waals surface area contributed by atoms with Crippen molar-refractivity contribution >= 4 is 17.4 Å². The molecule has 0 unspecified atom stereocenters. The number of quaternary nitrogens is 1. The Kier molecular flexibility index (Phi) is 4.86. The van der Waals surface area contributed by atoms with E-state index in [1.54, 1.807) is 0 Å². The van der Waals surface area contributed by atoms with Crippen molar-refractivity contribution in [2.24, 2.45) is 5.73 Å². The van der Waals surface area contributed by atoms with Gasteiger partial charge in [0.15, 0.2) is 12.0 Å². The molecule has 1 saturated heterocycles. The lowest BCUT2D eigenvalue weighted by Crippen LogP contribution is -2.90. The molecule has 26 heavy (non-hydrogen) atoms. The van der Waals surface area contributed by atoms with Crippen molar-refractivity contribution in [1.82, 2.24) is 9.78 Å². The van der Waals surface area contributed by atoms with Crippen LogP contribution in [0.3, 0.4) is 0 Å². The lowest BCUT2D eigenvalue weighted by atomic mass is 9.84. The predicted octanol–water partition coefficient (Wildman–Crippen LogP) is 0.779. The van der Waals surface area contributed by atoms with Gasteiger partial charge in [0.25, 0.3) is 5.91 Å². The number of nitriles is 1. The zero-order valence-corrected chi connectivity index (χ0v) is 14.0.